The van der Waals surface area contributed by atoms with Crippen molar-refractivity contribution >= 4 is 27.7 Å². The number of hydrogen-bond donors (Lipinski definition) is 2. The lowest BCUT2D eigenvalue weighted by Gasteiger charge is -2.11. The second-order valence-electron chi connectivity index (χ2n) is 3.34. The van der Waals surface area contributed by atoms with Gasteiger partial charge in [0.05, 0.1) is 6.10 Å². The fourth-order valence-electron chi connectivity index (χ4n) is 1.61. The summed E-state index contributed by atoms with van der Waals surface area (Å²) >= 11 is 5.39. The van der Waals surface area contributed by atoms with Crippen LogP contribution in [0.25, 0.3) is 0 Å². The van der Waals surface area contributed by atoms with Crippen LogP contribution in [0.2, 0.25) is 0 Å². The van der Waals surface area contributed by atoms with Gasteiger partial charge in [0.25, 0.3) is 0 Å². The van der Waals surface area contributed by atoms with E-state index in [0.29, 0.717) is 0 Å². The van der Waals surface area contributed by atoms with E-state index < -0.39 is 6.10 Å². The van der Waals surface area contributed by atoms with Crippen molar-refractivity contribution in [3.8, 4) is 0 Å². The number of halogens is 1. The van der Waals surface area contributed by atoms with Gasteiger partial charge in [0.1, 0.15) is 0 Å². The number of nitrogens with two attached hydrogens (primary N) is 1. The lowest BCUT2D eigenvalue weighted by atomic mass is 10.0. The molecular formula is C10H12BrNOS. The smallest absolute Gasteiger partial charge is 0.0912 e. The van der Waals surface area contributed by atoms with Gasteiger partial charge < -0.3 is 10.8 Å². The second-order valence-corrected chi connectivity index (χ2v) is 5.30. The molecule has 0 amide bonds. The minimum Gasteiger partial charge on any atom is -0.387 e. The van der Waals surface area contributed by atoms with Crippen molar-refractivity contribution < 1.29 is 5.11 Å². The van der Waals surface area contributed by atoms with Crippen molar-refractivity contribution in [1.29, 1.82) is 0 Å². The molecule has 2 nitrogen and oxygen atoms in total. The Morgan fingerprint density at radius 2 is 2.36 bits per heavy atom. The van der Waals surface area contributed by atoms with Crippen LogP contribution in [0.5, 0.6) is 0 Å². The minimum absolute atomic E-state index is 0.276. The summed E-state index contributed by atoms with van der Waals surface area (Å²) in [6, 6.07) is 4.03. The van der Waals surface area contributed by atoms with Gasteiger partial charge in [-0.3, -0.25) is 0 Å². The topological polar surface area (TPSA) is 46.2 Å². The van der Waals surface area contributed by atoms with E-state index >= 15 is 0 Å². The third-order valence-electron chi connectivity index (χ3n) is 2.37. The molecule has 1 aromatic rings. The van der Waals surface area contributed by atoms with Gasteiger partial charge in [0.2, 0.25) is 0 Å². The number of aliphatic hydroxyl groups excluding tert-OH is 1. The predicted molar refractivity (Wildman–Crippen MR) is 62.6 cm³/mol. The van der Waals surface area contributed by atoms with Crippen LogP contribution in [0.15, 0.2) is 21.5 Å². The van der Waals surface area contributed by atoms with Crippen molar-refractivity contribution in [2.45, 2.75) is 17.4 Å². The molecule has 1 unspecified atom stereocenters. The van der Waals surface area contributed by atoms with Crippen LogP contribution >= 0.6 is 27.7 Å². The molecule has 1 heterocycles. The SMILES string of the molecule is NCC(O)c1cc(Br)c2c(c1)CCS2. The molecule has 0 aliphatic carbocycles. The highest BCUT2D eigenvalue weighted by Crippen LogP contribution is 2.39. The first-order chi connectivity index (χ1) is 6.72. The maximum absolute atomic E-state index is 9.63. The number of hydrogen-bond acceptors (Lipinski definition) is 3. The molecule has 0 bridgehead atoms. The molecule has 1 aromatic carbocycles. The highest BCUT2D eigenvalue weighted by Gasteiger charge is 2.17. The standard InChI is InChI=1S/C10H12BrNOS/c11-8-4-7(9(13)5-12)3-6-1-2-14-10(6)8/h3-4,9,13H,1-2,5,12H2. The van der Waals surface area contributed by atoms with E-state index in [2.05, 4.69) is 22.0 Å². The molecule has 0 fully saturated rings. The van der Waals surface area contributed by atoms with Crippen LogP contribution in [0, 0.1) is 0 Å². The van der Waals surface area contributed by atoms with Crippen LogP contribution in [0.4, 0.5) is 0 Å². The maximum atomic E-state index is 9.63. The number of thioether (sulfide) groups is 1. The largest absolute Gasteiger partial charge is 0.387 e. The summed E-state index contributed by atoms with van der Waals surface area (Å²) < 4.78 is 1.08. The summed E-state index contributed by atoms with van der Waals surface area (Å²) in [6.45, 7) is 0.276. The average molecular weight is 274 g/mol. The molecule has 0 radical (unpaired) electrons. The zero-order valence-corrected chi connectivity index (χ0v) is 10.1. The van der Waals surface area contributed by atoms with E-state index in [1.807, 2.05) is 17.8 Å². The number of rotatable bonds is 2. The maximum Gasteiger partial charge on any atom is 0.0912 e. The number of benzene rings is 1. The molecule has 1 aliphatic rings. The van der Waals surface area contributed by atoms with Gasteiger partial charge in [-0.15, -0.1) is 11.8 Å². The predicted octanol–water partition coefficient (Wildman–Crippen LogP) is 2.09. The molecule has 4 heteroatoms. The van der Waals surface area contributed by atoms with Crippen LogP contribution in [0.1, 0.15) is 17.2 Å². The normalized spacial score (nSPS) is 16.8. The second kappa shape index (κ2) is 4.23. The van der Waals surface area contributed by atoms with Gasteiger partial charge in [-0.1, -0.05) is 6.07 Å². The quantitative estimate of drug-likeness (QED) is 0.868. The van der Waals surface area contributed by atoms with Gasteiger partial charge in [0.15, 0.2) is 0 Å². The van der Waals surface area contributed by atoms with Crippen molar-refractivity contribution in [2.75, 3.05) is 12.3 Å². The van der Waals surface area contributed by atoms with Crippen molar-refractivity contribution in [3.05, 3.63) is 27.7 Å². The highest BCUT2D eigenvalue weighted by atomic mass is 79.9. The van der Waals surface area contributed by atoms with Gasteiger partial charge in [-0.05, 0) is 39.5 Å². The Morgan fingerprint density at radius 3 is 3.07 bits per heavy atom. The van der Waals surface area contributed by atoms with Crippen molar-refractivity contribution in [3.63, 3.8) is 0 Å². The van der Waals surface area contributed by atoms with E-state index in [0.717, 1.165) is 22.2 Å². The first-order valence-electron chi connectivity index (χ1n) is 4.55. The zero-order valence-electron chi connectivity index (χ0n) is 7.66. The fourth-order valence-corrected chi connectivity index (χ4v) is 3.54. The molecular weight excluding hydrogens is 262 g/mol. The molecule has 0 saturated carbocycles. The van der Waals surface area contributed by atoms with E-state index in [-0.39, 0.29) is 6.54 Å². The van der Waals surface area contributed by atoms with E-state index in [9.17, 15) is 5.11 Å². The minimum atomic E-state index is -0.540. The first-order valence-corrected chi connectivity index (χ1v) is 6.33. The molecule has 0 saturated heterocycles. The Morgan fingerprint density at radius 1 is 1.57 bits per heavy atom. The number of aryl methyl sites for hydroxylation is 1. The number of fused-ring (bicyclic) bond motifs is 1. The van der Waals surface area contributed by atoms with Gasteiger partial charge >= 0.3 is 0 Å². The summed E-state index contributed by atoms with van der Waals surface area (Å²) in [7, 11) is 0. The van der Waals surface area contributed by atoms with Gasteiger partial charge in [-0.25, -0.2) is 0 Å². The summed E-state index contributed by atoms with van der Waals surface area (Å²) in [4.78, 5) is 1.32. The average Bonchev–Trinajstić information content (AvgIpc) is 2.64. The molecule has 1 aliphatic heterocycles. The zero-order chi connectivity index (χ0) is 10.1. The summed E-state index contributed by atoms with van der Waals surface area (Å²) in [5.41, 5.74) is 7.67. The molecule has 76 valence electrons. The van der Waals surface area contributed by atoms with Crippen molar-refractivity contribution in [2.24, 2.45) is 5.73 Å². The Kier molecular flexibility index (Phi) is 3.17. The molecule has 2 rings (SSSR count). The first kappa shape index (κ1) is 10.5. The lowest BCUT2D eigenvalue weighted by Crippen LogP contribution is -2.11. The Bertz CT molecular complexity index is 356. The van der Waals surface area contributed by atoms with E-state index in [1.54, 1.807) is 0 Å². The van der Waals surface area contributed by atoms with Crippen LogP contribution < -0.4 is 5.73 Å². The molecule has 1 atom stereocenters. The Balaban J connectivity index is 2.41. The number of aliphatic hydroxyl groups is 1. The summed E-state index contributed by atoms with van der Waals surface area (Å²) in [5.74, 6) is 1.14. The van der Waals surface area contributed by atoms with Crippen LogP contribution in [0.3, 0.4) is 0 Å². The molecule has 3 N–H and O–H groups in total. The van der Waals surface area contributed by atoms with E-state index in [1.165, 1.54) is 10.5 Å². The van der Waals surface area contributed by atoms with Gasteiger partial charge in [-0.2, -0.15) is 0 Å². The fraction of sp³-hybridized carbons (Fsp3) is 0.400. The van der Waals surface area contributed by atoms with Gasteiger partial charge in [0, 0.05) is 21.7 Å². The third-order valence-corrected chi connectivity index (χ3v) is 4.44. The monoisotopic (exact) mass is 273 g/mol. The summed E-state index contributed by atoms with van der Waals surface area (Å²) in [6.07, 6.45) is 0.547. The third kappa shape index (κ3) is 1.84. The molecule has 0 spiro atoms. The van der Waals surface area contributed by atoms with Crippen LogP contribution in [-0.4, -0.2) is 17.4 Å². The summed E-state index contributed by atoms with van der Waals surface area (Å²) in [5, 5.41) is 9.63. The van der Waals surface area contributed by atoms with E-state index in [4.69, 9.17) is 5.73 Å². The Hall–Kier alpha value is -0.0300. The molecule has 0 aromatic heterocycles. The highest BCUT2D eigenvalue weighted by molar-refractivity contribution is 9.10. The molecule has 14 heavy (non-hydrogen) atoms. The Labute approximate surface area is 96.0 Å². The van der Waals surface area contributed by atoms with Crippen LogP contribution in [-0.2, 0) is 6.42 Å². The lowest BCUT2D eigenvalue weighted by molar-refractivity contribution is 0.186. The van der Waals surface area contributed by atoms with Crippen molar-refractivity contribution in [1.82, 2.24) is 0 Å².